The van der Waals surface area contributed by atoms with Crippen LogP contribution >= 0.6 is 11.3 Å². The first kappa shape index (κ1) is 66.9. The van der Waals surface area contributed by atoms with Crippen molar-refractivity contribution in [2.75, 3.05) is 0 Å². The predicted octanol–water partition coefficient (Wildman–Crippen LogP) is 13.3. The van der Waals surface area contributed by atoms with Crippen LogP contribution in [0.3, 0.4) is 0 Å². The van der Waals surface area contributed by atoms with Crippen LogP contribution in [0.15, 0.2) is 215 Å². The molecule has 12 aromatic rings. The van der Waals surface area contributed by atoms with Gasteiger partial charge in [0, 0.05) is 48.5 Å². The minimum atomic E-state index is -5.20. The number of ether oxygens (including phenoxy) is 2. The number of aromatic nitrogens is 1. The van der Waals surface area contributed by atoms with Crippen molar-refractivity contribution in [2.24, 2.45) is 0 Å². The Morgan fingerprint density at radius 3 is 1.01 bits per heavy atom. The van der Waals surface area contributed by atoms with Crippen molar-refractivity contribution in [1.82, 2.24) is 4.57 Å². The van der Waals surface area contributed by atoms with E-state index in [0.717, 1.165) is 88.7 Å². The fourth-order valence-electron chi connectivity index (χ4n) is 11.6. The topological polar surface area (TPSA) is 384 Å². The van der Waals surface area contributed by atoms with Crippen molar-refractivity contribution in [3.05, 3.63) is 208 Å². The van der Waals surface area contributed by atoms with Crippen molar-refractivity contribution >= 4 is 114 Å². The second-order valence-electron chi connectivity index (χ2n) is 22.8. The Morgan fingerprint density at radius 2 is 0.677 bits per heavy atom. The maximum absolute atomic E-state index is 16.2. The van der Waals surface area contributed by atoms with E-state index in [9.17, 15) is 77.8 Å². The number of nitrogens with zero attached hydrogens (tertiary/aromatic N) is 1. The third kappa shape index (κ3) is 12.4. The minimum Gasteiger partial charge on any atom is -0.455 e. The average molecular weight is 1430 g/mol. The van der Waals surface area contributed by atoms with Gasteiger partial charge in [-0.1, -0.05) is 113 Å². The van der Waals surface area contributed by atoms with E-state index in [1.54, 1.807) is 42.5 Å². The van der Waals surface area contributed by atoms with E-state index in [-0.39, 0.29) is 117 Å². The molecule has 0 fully saturated rings. The van der Waals surface area contributed by atoms with Crippen LogP contribution < -0.4 is 20.6 Å². The average Bonchev–Trinajstić information content (AvgIpc) is 0.695. The molecule has 2 aromatic heterocycles. The highest BCUT2D eigenvalue weighted by Crippen LogP contribution is 2.54. The normalized spacial score (nSPS) is 12.8. The zero-order valence-corrected chi connectivity index (χ0v) is 55.6. The number of para-hydroxylation sites is 1. The van der Waals surface area contributed by atoms with Crippen LogP contribution in [0.5, 0.6) is 23.0 Å². The summed E-state index contributed by atoms with van der Waals surface area (Å²) in [7, 11) is -29.8. The van der Waals surface area contributed by atoms with Crippen LogP contribution in [0.25, 0.3) is 91.9 Å². The Balaban J connectivity index is 1.27. The molecule has 0 aliphatic heterocycles. The van der Waals surface area contributed by atoms with Crippen LogP contribution in [-0.4, -0.2) is 82.4 Å². The fraction of sp³-hybridized carbons (Fsp3) is 0.0909. The van der Waals surface area contributed by atoms with Gasteiger partial charge in [-0.3, -0.25) is 36.9 Å². The molecular weight excluding hydrogens is 1380 g/mol. The van der Waals surface area contributed by atoms with Gasteiger partial charge in [0.15, 0.2) is 0 Å². The Hall–Kier alpha value is -9.12. The van der Waals surface area contributed by atoms with Crippen molar-refractivity contribution in [1.29, 1.82) is 0 Å². The maximum Gasteiger partial charge on any atom is 0.294 e. The number of pyridine rings is 1. The van der Waals surface area contributed by atoms with E-state index in [1.807, 2.05) is 27.7 Å². The lowest BCUT2D eigenvalue weighted by molar-refractivity contribution is 0.479. The molecule has 492 valence electrons. The van der Waals surface area contributed by atoms with Gasteiger partial charge in [0.05, 0.1) is 50.5 Å². The summed E-state index contributed by atoms with van der Waals surface area (Å²) >= 11 is 1.06. The summed E-state index contributed by atoms with van der Waals surface area (Å²) in [5.74, 6) is -1.72. The summed E-state index contributed by atoms with van der Waals surface area (Å²) in [5, 5.41) is 0.258. The molecule has 0 spiro atoms. The molecule has 0 aliphatic rings. The first-order chi connectivity index (χ1) is 44.9. The second-order valence-corrected chi connectivity index (χ2v) is 32.4. The molecule has 0 saturated carbocycles. The van der Waals surface area contributed by atoms with Crippen molar-refractivity contribution in [3.63, 3.8) is 0 Å². The van der Waals surface area contributed by atoms with Gasteiger partial charge in [-0.15, -0.1) is 11.3 Å². The monoisotopic (exact) mass is 1430 g/mol. The molecule has 0 saturated heterocycles. The van der Waals surface area contributed by atoms with Gasteiger partial charge in [0.2, 0.25) is 0 Å². The van der Waals surface area contributed by atoms with Gasteiger partial charge in [0.1, 0.15) is 23.0 Å². The van der Waals surface area contributed by atoms with E-state index >= 15 is 9.59 Å². The van der Waals surface area contributed by atoms with Crippen molar-refractivity contribution in [2.45, 2.75) is 68.9 Å². The minimum absolute atomic E-state index is 0.0163. The summed E-state index contributed by atoms with van der Waals surface area (Å²) < 4.78 is 230. The van der Waals surface area contributed by atoms with Gasteiger partial charge in [-0.25, -0.2) is 4.57 Å². The van der Waals surface area contributed by atoms with Crippen LogP contribution in [-0.2, 0) is 60.7 Å². The SMILES string of the molecule is CC(C)c1cccc(C(C)C)c1-n1c(=O)c2cc(Oc3c(-c4ccc(S(=O)(=O)O)cc4)cc(S(=O)(=O)O)cc3-c3ccc(S(=O)(=O)O)cc3)c3sc4ccccc4c4c(Oc5c(-c6ccc(S(=O)(=O)O)cc6)cc(S(=O)(=O)O)cc5-c5ccc(S(=O)(=O)O)cc5)cc(c1=O)c2c34. The summed E-state index contributed by atoms with van der Waals surface area (Å²) in [6.45, 7) is 7.44. The molecular formula is C66H49NO22S7. The zero-order valence-electron chi connectivity index (χ0n) is 49.9. The molecule has 0 aliphatic carbocycles. The standard InChI is InChI=1S/C66H49NO22S7/c1-34(2)46-9-7-10-47(35(3)4)61(46)67-65(68)53-32-55(88-62-49(36-12-20-40(21-13-36)91(70,71)72)28-44(95(82,83)84)29-50(62)37-14-22-41(23-15-37)92(73,74)75)59-48-8-5-6-11-57(48)90-64-56(33-54(66(67)69)58(53)60(59)64)89-63-51(38-16-24-42(25-17-38)93(76,77)78)30-45(96(85,86)87)31-52(63)39-18-26-43(27-19-39)94(79,80)81/h5-35H,1-4H3,(H,70,71,72)(H,73,74,75)(H,76,77,78)(H,79,80,81)(H,82,83,84)(H,85,86,87). The third-order valence-corrected chi connectivity index (χ3v) is 22.4. The molecule has 0 unspecified atom stereocenters. The quantitative estimate of drug-likeness (QED) is 0.0280. The van der Waals surface area contributed by atoms with E-state index in [4.69, 9.17) is 9.47 Å². The molecule has 0 amide bonds. The van der Waals surface area contributed by atoms with E-state index in [0.29, 0.717) is 21.2 Å². The molecule has 0 atom stereocenters. The zero-order chi connectivity index (χ0) is 69.3. The molecule has 0 bridgehead atoms. The van der Waals surface area contributed by atoms with Gasteiger partial charge in [0.25, 0.3) is 71.8 Å². The lowest BCUT2D eigenvalue weighted by atomic mass is 9.91. The highest BCUT2D eigenvalue weighted by Gasteiger charge is 2.32. The number of hydrogen-bond donors (Lipinski definition) is 6. The molecule has 6 N–H and O–H groups in total. The Kier molecular flexibility index (Phi) is 16.7. The first-order valence-electron chi connectivity index (χ1n) is 28.3. The molecule has 10 aromatic carbocycles. The number of hydrogen-bond acceptors (Lipinski definition) is 17. The maximum atomic E-state index is 16.2. The van der Waals surface area contributed by atoms with Crippen LogP contribution in [0.2, 0.25) is 0 Å². The van der Waals surface area contributed by atoms with Gasteiger partial charge in [-0.05, 0) is 136 Å². The van der Waals surface area contributed by atoms with E-state index in [2.05, 4.69) is 0 Å². The molecule has 23 nitrogen and oxygen atoms in total. The van der Waals surface area contributed by atoms with Crippen molar-refractivity contribution < 1.29 is 87.3 Å². The lowest BCUT2D eigenvalue weighted by Gasteiger charge is -2.24. The van der Waals surface area contributed by atoms with Crippen LogP contribution in [0.4, 0.5) is 0 Å². The highest BCUT2D eigenvalue weighted by atomic mass is 32.2. The number of benzene rings is 10. The summed E-state index contributed by atoms with van der Waals surface area (Å²) in [4.78, 5) is 28.4. The number of rotatable bonds is 17. The third-order valence-electron chi connectivity index (χ3n) is 16.1. The fourth-order valence-corrected chi connectivity index (χ4v) is 15.8. The predicted molar refractivity (Wildman–Crippen MR) is 359 cm³/mol. The molecule has 2 heterocycles. The van der Waals surface area contributed by atoms with E-state index < -0.39 is 101 Å². The smallest absolute Gasteiger partial charge is 0.294 e. The summed E-state index contributed by atoms with van der Waals surface area (Å²) in [5.41, 5.74) is -1.31. The van der Waals surface area contributed by atoms with Crippen LogP contribution in [0.1, 0.15) is 50.7 Å². The second kappa shape index (κ2) is 23.9. The largest absolute Gasteiger partial charge is 0.455 e. The Bertz CT molecular complexity index is 5880. The number of fused-ring (bicyclic) bond motifs is 2. The Labute approximate surface area is 551 Å². The summed E-state index contributed by atoms with van der Waals surface area (Å²) in [6, 6.07) is 36.0. The van der Waals surface area contributed by atoms with Gasteiger partial charge < -0.3 is 9.47 Å². The summed E-state index contributed by atoms with van der Waals surface area (Å²) in [6.07, 6.45) is 0. The highest BCUT2D eigenvalue weighted by molar-refractivity contribution is 7.87. The molecule has 12 rings (SSSR count). The molecule has 0 radical (unpaired) electrons. The Morgan fingerprint density at radius 1 is 0.354 bits per heavy atom. The van der Waals surface area contributed by atoms with Gasteiger partial charge in [-0.2, -0.15) is 50.5 Å². The van der Waals surface area contributed by atoms with E-state index in [1.165, 1.54) is 60.7 Å². The van der Waals surface area contributed by atoms with Crippen LogP contribution in [0, 0.1) is 0 Å². The van der Waals surface area contributed by atoms with Crippen molar-refractivity contribution in [3.8, 4) is 73.2 Å². The molecule has 30 heteroatoms. The van der Waals surface area contributed by atoms with Gasteiger partial charge >= 0.3 is 0 Å². The first-order valence-corrected chi connectivity index (χ1v) is 37.8. The lowest BCUT2D eigenvalue weighted by Crippen LogP contribution is -2.34. The molecule has 96 heavy (non-hydrogen) atoms.